The molecule has 0 radical (unpaired) electrons. The third-order valence-electron chi connectivity index (χ3n) is 5.30. The van der Waals surface area contributed by atoms with Crippen LogP contribution in [-0.2, 0) is 4.79 Å². The Labute approximate surface area is 136 Å². The number of halogens is 1. The summed E-state index contributed by atoms with van der Waals surface area (Å²) in [5.74, 6) is 1.48. The van der Waals surface area contributed by atoms with Gasteiger partial charge < -0.3 is 11.1 Å². The van der Waals surface area contributed by atoms with Crippen LogP contribution in [0, 0.1) is 11.8 Å². The number of amides is 1. The van der Waals surface area contributed by atoms with E-state index < -0.39 is 0 Å². The number of hydrogen-bond acceptors (Lipinski definition) is 2. The van der Waals surface area contributed by atoms with Crippen LogP contribution in [0.4, 0.5) is 0 Å². The maximum atomic E-state index is 12.3. The highest BCUT2D eigenvalue weighted by Gasteiger charge is 2.28. The molecule has 3 N–H and O–H groups in total. The van der Waals surface area contributed by atoms with Gasteiger partial charge in [-0.2, -0.15) is 0 Å². The quantitative estimate of drug-likeness (QED) is 0.810. The molecule has 0 atom stereocenters. The highest BCUT2D eigenvalue weighted by atomic mass is 35.5. The van der Waals surface area contributed by atoms with Crippen molar-refractivity contribution in [2.45, 2.75) is 89.6 Å². The standard InChI is InChI=1S/C17H32N2O.ClH/c1-2-3-4-13-5-7-14(8-6-13)17(20)19-16-11-9-15(18)10-12-16;/h13-16H,2-12,18H2,1H3,(H,19,20);1H. The zero-order valence-electron chi connectivity index (χ0n) is 13.5. The van der Waals surface area contributed by atoms with E-state index in [0.717, 1.165) is 44.4 Å². The zero-order valence-corrected chi connectivity index (χ0v) is 14.3. The first-order valence-electron chi connectivity index (χ1n) is 8.75. The summed E-state index contributed by atoms with van der Waals surface area (Å²) in [5.41, 5.74) is 5.91. The number of rotatable bonds is 5. The largest absolute Gasteiger partial charge is 0.353 e. The molecule has 0 aromatic rings. The molecule has 2 saturated carbocycles. The number of unbranched alkanes of at least 4 members (excludes halogenated alkanes) is 1. The molecule has 2 aliphatic carbocycles. The van der Waals surface area contributed by atoms with Gasteiger partial charge in [-0.1, -0.05) is 26.2 Å². The molecule has 1 amide bonds. The first-order valence-corrected chi connectivity index (χ1v) is 8.75. The van der Waals surface area contributed by atoms with Gasteiger partial charge in [0.05, 0.1) is 0 Å². The lowest BCUT2D eigenvalue weighted by Gasteiger charge is -2.31. The Balaban J connectivity index is 0.00000220. The lowest BCUT2D eigenvalue weighted by molar-refractivity contribution is -0.127. The van der Waals surface area contributed by atoms with E-state index in [1.807, 2.05) is 0 Å². The number of carbonyl (C=O) groups excluding carboxylic acids is 1. The second kappa shape index (κ2) is 9.68. The first kappa shape index (κ1) is 18.8. The van der Waals surface area contributed by atoms with Crippen molar-refractivity contribution in [2.75, 3.05) is 0 Å². The van der Waals surface area contributed by atoms with E-state index in [1.165, 1.54) is 32.1 Å². The summed E-state index contributed by atoms with van der Waals surface area (Å²) in [6.45, 7) is 2.26. The Kier molecular flexibility index (Phi) is 8.65. The Morgan fingerprint density at radius 1 is 1.05 bits per heavy atom. The van der Waals surface area contributed by atoms with E-state index in [1.54, 1.807) is 0 Å². The van der Waals surface area contributed by atoms with Crippen LogP contribution in [-0.4, -0.2) is 18.0 Å². The minimum atomic E-state index is 0. The van der Waals surface area contributed by atoms with Crippen LogP contribution in [0.1, 0.15) is 77.6 Å². The molecule has 0 aromatic heterocycles. The third kappa shape index (κ3) is 6.15. The fourth-order valence-electron chi connectivity index (χ4n) is 3.79. The summed E-state index contributed by atoms with van der Waals surface area (Å²) in [7, 11) is 0. The molecule has 2 fully saturated rings. The van der Waals surface area contributed by atoms with E-state index in [2.05, 4.69) is 12.2 Å². The molecule has 2 rings (SSSR count). The smallest absolute Gasteiger partial charge is 0.223 e. The molecule has 0 aliphatic heterocycles. The van der Waals surface area contributed by atoms with Crippen molar-refractivity contribution in [3.63, 3.8) is 0 Å². The third-order valence-corrected chi connectivity index (χ3v) is 5.30. The Morgan fingerprint density at radius 2 is 1.67 bits per heavy atom. The number of nitrogens with two attached hydrogens (primary N) is 1. The predicted molar refractivity (Wildman–Crippen MR) is 90.6 cm³/mol. The van der Waals surface area contributed by atoms with Gasteiger partial charge in [0.1, 0.15) is 0 Å². The molecule has 0 saturated heterocycles. The Morgan fingerprint density at radius 3 is 2.24 bits per heavy atom. The number of hydrogen-bond donors (Lipinski definition) is 2. The van der Waals surface area contributed by atoms with Gasteiger partial charge in [-0.3, -0.25) is 4.79 Å². The predicted octanol–water partition coefficient (Wildman–Crippen LogP) is 3.79. The highest BCUT2D eigenvalue weighted by Crippen LogP contribution is 2.32. The van der Waals surface area contributed by atoms with E-state index in [9.17, 15) is 4.79 Å². The van der Waals surface area contributed by atoms with Crippen molar-refractivity contribution in [2.24, 2.45) is 17.6 Å². The van der Waals surface area contributed by atoms with Gasteiger partial charge in [-0.25, -0.2) is 0 Å². The summed E-state index contributed by atoms with van der Waals surface area (Å²) < 4.78 is 0. The van der Waals surface area contributed by atoms with Gasteiger partial charge in [0.15, 0.2) is 0 Å². The minimum absolute atomic E-state index is 0. The lowest BCUT2D eigenvalue weighted by Crippen LogP contribution is -2.43. The molecule has 2 aliphatic rings. The van der Waals surface area contributed by atoms with Crippen molar-refractivity contribution in [3.05, 3.63) is 0 Å². The fraction of sp³-hybridized carbons (Fsp3) is 0.941. The van der Waals surface area contributed by atoms with Crippen LogP contribution in [0.5, 0.6) is 0 Å². The van der Waals surface area contributed by atoms with Crippen molar-refractivity contribution < 1.29 is 4.79 Å². The zero-order chi connectivity index (χ0) is 14.4. The maximum absolute atomic E-state index is 12.3. The van der Waals surface area contributed by atoms with Gasteiger partial charge in [-0.05, 0) is 57.3 Å². The molecule has 0 spiro atoms. The normalized spacial score (nSPS) is 33.0. The monoisotopic (exact) mass is 316 g/mol. The van der Waals surface area contributed by atoms with Gasteiger partial charge in [0, 0.05) is 18.0 Å². The average molecular weight is 317 g/mol. The topological polar surface area (TPSA) is 55.1 Å². The molecule has 21 heavy (non-hydrogen) atoms. The molecule has 0 aromatic carbocycles. The Hall–Kier alpha value is -0.280. The molecule has 0 heterocycles. The summed E-state index contributed by atoms with van der Waals surface area (Å²) in [6, 6.07) is 0.747. The van der Waals surface area contributed by atoms with E-state index >= 15 is 0 Å². The summed E-state index contributed by atoms with van der Waals surface area (Å²) >= 11 is 0. The van der Waals surface area contributed by atoms with Crippen molar-refractivity contribution >= 4 is 18.3 Å². The van der Waals surface area contributed by atoms with Crippen LogP contribution < -0.4 is 11.1 Å². The molecular weight excluding hydrogens is 284 g/mol. The van der Waals surface area contributed by atoms with Crippen LogP contribution >= 0.6 is 12.4 Å². The van der Waals surface area contributed by atoms with Crippen LogP contribution in [0.3, 0.4) is 0 Å². The van der Waals surface area contributed by atoms with Gasteiger partial charge in [0.2, 0.25) is 5.91 Å². The number of carbonyl (C=O) groups is 1. The second-order valence-electron chi connectivity index (χ2n) is 6.98. The lowest BCUT2D eigenvalue weighted by atomic mass is 9.79. The van der Waals surface area contributed by atoms with Gasteiger partial charge in [0.25, 0.3) is 0 Å². The summed E-state index contributed by atoms with van der Waals surface area (Å²) in [5, 5.41) is 3.27. The molecule has 3 nitrogen and oxygen atoms in total. The fourth-order valence-corrected chi connectivity index (χ4v) is 3.79. The number of nitrogens with one attached hydrogen (secondary N) is 1. The maximum Gasteiger partial charge on any atom is 0.223 e. The second-order valence-corrected chi connectivity index (χ2v) is 6.98. The molecule has 0 bridgehead atoms. The summed E-state index contributed by atoms with van der Waals surface area (Å²) in [4.78, 5) is 12.3. The van der Waals surface area contributed by atoms with Crippen molar-refractivity contribution in [1.82, 2.24) is 5.32 Å². The average Bonchev–Trinajstić information content (AvgIpc) is 2.48. The molecule has 124 valence electrons. The first-order chi connectivity index (χ1) is 9.69. The van der Waals surface area contributed by atoms with E-state index in [4.69, 9.17) is 5.73 Å². The van der Waals surface area contributed by atoms with E-state index in [0.29, 0.717) is 18.0 Å². The van der Waals surface area contributed by atoms with Crippen LogP contribution in [0.2, 0.25) is 0 Å². The molecule has 4 heteroatoms. The molecular formula is C17H33ClN2O. The van der Waals surface area contributed by atoms with Crippen molar-refractivity contribution in [3.8, 4) is 0 Å². The molecule has 0 unspecified atom stereocenters. The van der Waals surface area contributed by atoms with Gasteiger partial charge in [-0.15, -0.1) is 12.4 Å². The van der Waals surface area contributed by atoms with Crippen LogP contribution in [0.25, 0.3) is 0 Å². The summed E-state index contributed by atoms with van der Waals surface area (Å²) in [6.07, 6.45) is 13.0. The van der Waals surface area contributed by atoms with Crippen LogP contribution in [0.15, 0.2) is 0 Å². The minimum Gasteiger partial charge on any atom is -0.353 e. The van der Waals surface area contributed by atoms with Crippen molar-refractivity contribution in [1.29, 1.82) is 0 Å². The van der Waals surface area contributed by atoms with E-state index in [-0.39, 0.29) is 18.3 Å². The SMILES string of the molecule is CCCCC1CCC(C(=O)NC2CCC(N)CC2)CC1.Cl. The van der Waals surface area contributed by atoms with Gasteiger partial charge >= 0.3 is 0 Å². The highest BCUT2D eigenvalue weighted by molar-refractivity contribution is 5.85. The Bertz CT molecular complexity index is 295.